The average molecular weight is 449 g/mol. The normalized spacial score (nSPS) is 19.8. The molecule has 5 heteroatoms. The van der Waals surface area contributed by atoms with Crippen LogP contribution in [0, 0.1) is 11.6 Å². The second kappa shape index (κ2) is 8.86. The van der Waals surface area contributed by atoms with Crippen LogP contribution in [-0.2, 0) is 19.4 Å². The van der Waals surface area contributed by atoms with Gasteiger partial charge < -0.3 is 4.74 Å². The molecular weight excluding hydrogens is 418 g/mol. The third-order valence-corrected chi connectivity index (χ3v) is 6.75. The first-order chi connectivity index (χ1) is 15.9. The number of fused-ring (bicyclic) bond motifs is 1. The van der Waals surface area contributed by atoms with E-state index >= 15 is 0 Å². The van der Waals surface area contributed by atoms with E-state index in [-0.39, 0.29) is 17.6 Å². The van der Waals surface area contributed by atoms with Crippen molar-refractivity contribution < 1.29 is 13.5 Å². The van der Waals surface area contributed by atoms with Crippen LogP contribution in [0.25, 0.3) is 0 Å². The molecule has 1 fully saturated rings. The smallest absolute Gasteiger partial charge is 0.129 e. The predicted molar refractivity (Wildman–Crippen MR) is 126 cm³/mol. The van der Waals surface area contributed by atoms with E-state index in [0.717, 1.165) is 55.9 Å². The number of aromatic nitrogens is 1. The Morgan fingerprint density at radius 1 is 1.06 bits per heavy atom. The van der Waals surface area contributed by atoms with Crippen molar-refractivity contribution in [3.05, 3.63) is 94.3 Å². The van der Waals surface area contributed by atoms with Crippen LogP contribution in [-0.4, -0.2) is 28.6 Å². The van der Waals surface area contributed by atoms with E-state index in [1.165, 1.54) is 29.3 Å². The Kier molecular flexibility index (Phi) is 5.92. The number of ether oxygens (including phenoxy) is 1. The van der Waals surface area contributed by atoms with Crippen molar-refractivity contribution in [1.29, 1.82) is 0 Å². The van der Waals surface area contributed by atoms with Crippen molar-refractivity contribution in [1.82, 2.24) is 9.88 Å². The van der Waals surface area contributed by atoms with Gasteiger partial charge in [-0.1, -0.05) is 24.3 Å². The van der Waals surface area contributed by atoms with Gasteiger partial charge in [0.15, 0.2) is 0 Å². The zero-order valence-corrected chi connectivity index (χ0v) is 19.3. The van der Waals surface area contributed by atoms with Gasteiger partial charge in [0.25, 0.3) is 0 Å². The summed E-state index contributed by atoms with van der Waals surface area (Å²) in [5, 5.41) is 0. The Labute approximate surface area is 194 Å². The largest absolute Gasteiger partial charge is 0.487 e. The van der Waals surface area contributed by atoms with Gasteiger partial charge in [-0.05, 0) is 74.2 Å². The first-order valence-corrected chi connectivity index (χ1v) is 11.8. The summed E-state index contributed by atoms with van der Waals surface area (Å²) in [6.45, 7) is 7.24. The van der Waals surface area contributed by atoms with Crippen LogP contribution in [0.1, 0.15) is 60.6 Å². The summed E-state index contributed by atoms with van der Waals surface area (Å²) in [5.41, 5.74) is 4.48. The maximum atomic E-state index is 14.0. The molecule has 0 saturated carbocycles. The van der Waals surface area contributed by atoms with E-state index in [9.17, 15) is 8.78 Å². The fourth-order valence-electron chi connectivity index (χ4n) is 5.15. The molecule has 0 N–H and O–H groups in total. The molecule has 3 heterocycles. The number of pyridine rings is 1. The molecule has 1 aromatic heterocycles. The number of likely N-dealkylation sites (tertiary alicyclic amines) is 1. The number of hydrogen-bond acceptors (Lipinski definition) is 3. The Hall–Kier alpha value is -2.79. The SMILES string of the molecule is CC1(C)Cc2cc(CN3CCC[C@@H](c4ccc(Cc5c(F)cccc5F)cn4)C3)ccc2O1. The molecule has 5 rings (SSSR count). The number of benzene rings is 2. The van der Waals surface area contributed by atoms with Crippen LogP contribution >= 0.6 is 0 Å². The lowest BCUT2D eigenvalue weighted by Gasteiger charge is -2.32. The van der Waals surface area contributed by atoms with Crippen LogP contribution < -0.4 is 4.74 Å². The fraction of sp³-hybridized carbons (Fsp3) is 0.393. The Morgan fingerprint density at radius 2 is 1.85 bits per heavy atom. The van der Waals surface area contributed by atoms with Crippen molar-refractivity contribution in [2.75, 3.05) is 13.1 Å². The number of nitrogens with zero attached hydrogens (tertiary/aromatic N) is 2. The van der Waals surface area contributed by atoms with Crippen molar-refractivity contribution in [3.63, 3.8) is 0 Å². The molecule has 0 bridgehead atoms. The third kappa shape index (κ3) is 4.93. The van der Waals surface area contributed by atoms with Crippen LogP contribution in [0.3, 0.4) is 0 Å². The highest BCUT2D eigenvalue weighted by molar-refractivity contribution is 5.42. The predicted octanol–water partition coefficient (Wildman–Crippen LogP) is 6.04. The average Bonchev–Trinajstić information content (AvgIpc) is 3.10. The third-order valence-electron chi connectivity index (χ3n) is 6.75. The molecule has 0 radical (unpaired) electrons. The molecule has 172 valence electrons. The minimum Gasteiger partial charge on any atom is -0.487 e. The van der Waals surface area contributed by atoms with E-state index in [1.54, 1.807) is 6.20 Å². The van der Waals surface area contributed by atoms with Gasteiger partial charge in [0.05, 0.1) is 0 Å². The lowest BCUT2D eigenvalue weighted by Crippen LogP contribution is -2.34. The summed E-state index contributed by atoms with van der Waals surface area (Å²) in [7, 11) is 0. The summed E-state index contributed by atoms with van der Waals surface area (Å²) in [6.07, 6.45) is 5.17. The minimum atomic E-state index is -0.510. The lowest BCUT2D eigenvalue weighted by molar-refractivity contribution is 0.138. The van der Waals surface area contributed by atoms with Gasteiger partial charge >= 0.3 is 0 Å². The topological polar surface area (TPSA) is 25.4 Å². The second-order valence-corrected chi connectivity index (χ2v) is 10.0. The quantitative estimate of drug-likeness (QED) is 0.476. The first kappa shape index (κ1) is 22.0. The lowest BCUT2D eigenvalue weighted by atomic mass is 9.93. The molecule has 0 aliphatic carbocycles. The molecule has 2 aromatic carbocycles. The highest BCUT2D eigenvalue weighted by Crippen LogP contribution is 2.36. The van der Waals surface area contributed by atoms with Gasteiger partial charge in [-0.15, -0.1) is 0 Å². The van der Waals surface area contributed by atoms with E-state index in [1.807, 2.05) is 12.1 Å². The second-order valence-electron chi connectivity index (χ2n) is 10.0. The summed E-state index contributed by atoms with van der Waals surface area (Å²) >= 11 is 0. The Balaban J connectivity index is 1.23. The molecule has 1 saturated heterocycles. The first-order valence-electron chi connectivity index (χ1n) is 11.8. The zero-order valence-electron chi connectivity index (χ0n) is 19.3. The molecule has 3 nitrogen and oxygen atoms in total. The molecular formula is C28H30F2N2O. The summed E-state index contributed by atoms with van der Waals surface area (Å²) in [4.78, 5) is 7.18. The maximum absolute atomic E-state index is 14.0. The maximum Gasteiger partial charge on any atom is 0.129 e. The standard InChI is InChI=1S/C28H30F2N2O/c1-28(2)15-22-13-20(9-11-27(22)33-28)17-32-12-4-5-21(18-32)26-10-8-19(16-31-26)14-23-24(29)6-3-7-25(23)30/h3,6-11,13,16,21H,4-5,12,14-15,17-18H2,1-2H3/t21-/m1/s1. The zero-order chi connectivity index (χ0) is 23.0. The van der Waals surface area contributed by atoms with Gasteiger partial charge in [0, 0.05) is 49.3 Å². The number of rotatable bonds is 5. The molecule has 3 aromatic rings. The number of piperidine rings is 1. The van der Waals surface area contributed by atoms with Gasteiger partial charge in [0.1, 0.15) is 23.0 Å². The summed E-state index contributed by atoms with van der Waals surface area (Å²) < 4.78 is 33.9. The van der Waals surface area contributed by atoms with Gasteiger partial charge in [-0.25, -0.2) is 8.78 Å². The van der Waals surface area contributed by atoms with Crippen molar-refractivity contribution in [2.24, 2.45) is 0 Å². The van der Waals surface area contributed by atoms with Gasteiger partial charge in [0.2, 0.25) is 0 Å². The van der Waals surface area contributed by atoms with Gasteiger partial charge in [-0.3, -0.25) is 9.88 Å². The molecule has 2 aliphatic rings. The van der Waals surface area contributed by atoms with Crippen LogP contribution in [0.2, 0.25) is 0 Å². The van der Waals surface area contributed by atoms with E-state index < -0.39 is 11.6 Å². The summed E-state index contributed by atoms with van der Waals surface area (Å²) in [6, 6.07) is 14.5. The van der Waals surface area contributed by atoms with E-state index in [4.69, 9.17) is 4.74 Å². The molecule has 0 spiro atoms. The Bertz CT molecular complexity index is 1120. The van der Waals surface area contributed by atoms with Crippen LogP contribution in [0.4, 0.5) is 8.78 Å². The summed E-state index contributed by atoms with van der Waals surface area (Å²) in [5.74, 6) is 0.363. The van der Waals surface area contributed by atoms with E-state index in [0.29, 0.717) is 5.92 Å². The fourth-order valence-corrected chi connectivity index (χ4v) is 5.15. The van der Waals surface area contributed by atoms with Crippen LogP contribution in [0.15, 0.2) is 54.7 Å². The monoisotopic (exact) mass is 448 g/mol. The van der Waals surface area contributed by atoms with E-state index in [2.05, 4.69) is 41.9 Å². The number of halogens is 2. The van der Waals surface area contributed by atoms with Gasteiger partial charge in [-0.2, -0.15) is 0 Å². The van der Waals surface area contributed by atoms with Crippen molar-refractivity contribution in [3.8, 4) is 5.75 Å². The highest BCUT2D eigenvalue weighted by atomic mass is 19.1. The van der Waals surface area contributed by atoms with Crippen molar-refractivity contribution in [2.45, 2.75) is 57.6 Å². The molecule has 2 aliphatic heterocycles. The van der Waals surface area contributed by atoms with Crippen LogP contribution in [0.5, 0.6) is 5.75 Å². The highest BCUT2D eigenvalue weighted by Gasteiger charge is 2.30. The number of hydrogen-bond donors (Lipinski definition) is 0. The molecule has 1 atom stereocenters. The van der Waals surface area contributed by atoms with Crippen molar-refractivity contribution >= 4 is 0 Å². The Morgan fingerprint density at radius 3 is 2.61 bits per heavy atom. The minimum absolute atomic E-state index is 0.0963. The molecule has 0 unspecified atom stereocenters. The molecule has 0 amide bonds. The molecule has 33 heavy (non-hydrogen) atoms.